The Balaban J connectivity index is 2.82. The number of hydrogen-bond donors (Lipinski definition) is 5. The molecule has 0 aromatic heterocycles. The Labute approximate surface area is 75.6 Å². The van der Waals surface area contributed by atoms with E-state index in [1.165, 1.54) is 6.92 Å². The summed E-state index contributed by atoms with van der Waals surface area (Å²) < 4.78 is 4.72. The third-order valence-electron chi connectivity index (χ3n) is 2.39. The average molecular weight is 193 g/mol. The molecule has 0 spiro atoms. The second-order valence-electron chi connectivity index (χ2n) is 3.50. The van der Waals surface area contributed by atoms with Crippen LogP contribution in [0.15, 0.2) is 0 Å². The highest BCUT2D eigenvalue weighted by Gasteiger charge is 2.49. The summed E-state index contributed by atoms with van der Waals surface area (Å²) in [6, 6.07) is 0. The summed E-state index contributed by atoms with van der Waals surface area (Å²) in [4.78, 5) is 0. The first-order valence-electron chi connectivity index (χ1n) is 4.00. The maximum atomic E-state index is 9.50. The summed E-state index contributed by atoms with van der Waals surface area (Å²) in [5.74, 6) is 0. The van der Waals surface area contributed by atoms with Crippen molar-refractivity contribution in [2.75, 3.05) is 6.61 Å². The summed E-state index contributed by atoms with van der Waals surface area (Å²) in [6.07, 6.45) is -5.02. The summed E-state index contributed by atoms with van der Waals surface area (Å²) in [7, 11) is 0. The summed E-state index contributed by atoms with van der Waals surface area (Å²) in [6.45, 7) is 0.925. The lowest BCUT2D eigenvalue weighted by Crippen LogP contribution is -2.70. The Morgan fingerprint density at radius 1 is 1.31 bits per heavy atom. The standard InChI is InChI=1S/C7H15NO5/c1-7(8)4(10)3(2-9)13-6(12)5(7)11/h3-6,9-12H,2,8H2,1H3/t3-,4-,5+,6?,7+/m1/s1. The lowest BCUT2D eigenvalue weighted by Gasteiger charge is -2.45. The maximum Gasteiger partial charge on any atom is 0.183 e. The minimum atomic E-state index is -1.48. The molecule has 0 aliphatic carbocycles. The van der Waals surface area contributed by atoms with Crippen LogP contribution in [0, 0.1) is 0 Å². The molecule has 0 radical (unpaired) electrons. The van der Waals surface area contributed by atoms with Gasteiger partial charge in [0.25, 0.3) is 0 Å². The van der Waals surface area contributed by atoms with E-state index >= 15 is 0 Å². The predicted molar refractivity (Wildman–Crippen MR) is 42.6 cm³/mol. The van der Waals surface area contributed by atoms with E-state index in [4.69, 9.17) is 20.7 Å². The molecule has 6 N–H and O–H groups in total. The van der Waals surface area contributed by atoms with E-state index in [1.54, 1.807) is 0 Å². The van der Waals surface area contributed by atoms with Crippen molar-refractivity contribution in [3.63, 3.8) is 0 Å². The van der Waals surface area contributed by atoms with Gasteiger partial charge in [0.2, 0.25) is 0 Å². The third kappa shape index (κ3) is 1.69. The van der Waals surface area contributed by atoms with Crippen LogP contribution in [0.5, 0.6) is 0 Å². The fraction of sp³-hybridized carbons (Fsp3) is 1.00. The minimum absolute atomic E-state index is 0.461. The van der Waals surface area contributed by atoms with Gasteiger partial charge in [-0.2, -0.15) is 0 Å². The molecule has 0 aromatic rings. The molecule has 1 aliphatic rings. The second kappa shape index (κ2) is 3.49. The molecule has 1 saturated heterocycles. The smallest absolute Gasteiger partial charge is 0.183 e. The molecule has 6 nitrogen and oxygen atoms in total. The van der Waals surface area contributed by atoms with E-state index in [1.807, 2.05) is 0 Å². The molecule has 1 fully saturated rings. The van der Waals surface area contributed by atoms with Crippen LogP contribution in [-0.4, -0.2) is 57.2 Å². The average Bonchev–Trinajstić information content (AvgIpc) is 2.09. The number of aliphatic hydroxyl groups is 4. The highest BCUT2D eigenvalue weighted by molar-refractivity contribution is 5.02. The van der Waals surface area contributed by atoms with Crippen molar-refractivity contribution < 1.29 is 25.2 Å². The first-order valence-corrected chi connectivity index (χ1v) is 4.00. The van der Waals surface area contributed by atoms with E-state index < -0.39 is 36.7 Å². The minimum Gasteiger partial charge on any atom is -0.394 e. The zero-order valence-corrected chi connectivity index (χ0v) is 7.29. The first-order chi connectivity index (χ1) is 5.91. The quantitative estimate of drug-likeness (QED) is 0.306. The monoisotopic (exact) mass is 193 g/mol. The Kier molecular flexibility index (Phi) is 2.91. The van der Waals surface area contributed by atoms with Gasteiger partial charge in [-0.25, -0.2) is 0 Å². The number of hydrogen-bond acceptors (Lipinski definition) is 6. The number of aliphatic hydroxyl groups excluding tert-OH is 4. The van der Waals surface area contributed by atoms with E-state index in [0.717, 1.165) is 0 Å². The number of nitrogens with two attached hydrogens (primary N) is 1. The highest BCUT2D eigenvalue weighted by atomic mass is 16.6. The van der Waals surface area contributed by atoms with Crippen molar-refractivity contribution in [2.24, 2.45) is 5.73 Å². The van der Waals surface area contributed by atoms with Gasteiger partial charge in [0.15, 0.2) is 6.29 Å². The van der Waals surface area contributed by atoms with Gasteiger partial charge in [-0.1, -0.05) is 0 Å². The second-order valence-corrected chi connectivity index (χ2v) is 3.50. The zero-order valence-electron chi connectivity index (χ0n) is 7.29. The zero-order chi connectivity index (χ0) is 10.2. The lowest BCUT2D eigenvalue weighted by molar-refractivity contribution is -0.276. The Hall–Kier alpha value is -0.240. The Morgan fingerprint density at radius 2 is 1.85 bits per heavy atom. The predicted octanol–water partition coefficient (Wildman–Crippen LogP) is -2.86. The largest absolute Gasteiger partial charge is 0.394 e. The fourth-order valence-corrected chi connectivity index (χ4v) is 1.35. The normalized spacial score (nSPS) is 52.2. The van der Waals surface area contributed by atoms with Crippen molar-refractivity contribution >= 4 is 0 Å². The molecule has 0 bridgehead atoms. The van der Waals surface area contributed by atoms with Crippen LogP contribution < -0.4 is 5.73 Å². The molecule has 1 aliphatic heterocycles. The molecule has 1 rings (SSSR count). The van der Waals surface area contributed by atoms with Gasteiger partial charge in [-0.3, -0.25) is 0 Å². The molecule has 1 heterocycles. The van der Waals surface area contributed by atoms with Crippen molar-refractivity contribution in [1.82, 2.24) is 0 Å². The van der Waals surface area contributed by atoms with Crippen molar-refractivity contribution in [2.45, 2.75) is 37.1 Å². The van der Waals surface area contributed by atoms with Crippen LogP contribution in [0.3, 0.4) is 0 Å². The molecular formula is C7H15NO5. The molecule has 0 aromatic carbocycles. The van der Waals surface area contributed by atoms with Gasteiger partial charge in [0, 0.05) is 0 Å². The van der Waals surface area contributed by atoms with Crippen molar-refractivity contribution in [1.29, 1.82) is 0 Å². The molecule has 0 amide bonds. The van der Waals surface area contributed by atoms with Gasteiger partial charge in [0.05, 0.1) is 12.1 Å². The van der Waals surface area contributed by atoms with Gasteiger partial charge in [-0.05, 0) is 6.92 Å². The molecule has 6 heteroatoms. The summed E-state index contributed by atoms with van der Waals surface area (Å²) in [5.41, 5.74) is 4.19. The van der Waals surface area contributed by atoms with Gasteiger partial charge >= 0.3 is 0 Å². The SMILES string of the molecule is C[C@]1(N)[C@H](O)[C@@H](CO)OC(O)[C@@H]1O. The van der Waals surface area contributed by atoms with E-state index in [9.17, 15) is 10.2 Å². The maximum absolute atomic E-state index is 9.50. The van der Waals surface area contributed by atoms with Crippen LogP contribution in [0.4, 0.5) is 0 Å². The number of rotatable bonds is 1. The molecule has 78 valence electrons. The van der Waals surface area contributed by atoms with E-state index in [0.29, 0.717) is 0 Å². The molecular weight excluding hydrogens is 178 g/mol. The van der Waals surface area contributed by atoms with Gasteiger partial charge in [0.1, 0.15) is 18.3 Å². The Bertz CT molecular complexity index is 186. The van der Waals surface area contributed by atoms with Crippen molar-refractivity contribution in [3.05, 3.63) is 0 Å². The van der Waals surface area contributed by atoms with Gasteiger partial charge < -0.3 is 30.9 Å². The van der Waals surface area contributed by atoms with Crippen LogP contribution >= 0.6 is 0 Å². The first kappa shape index (κ1) is 10.8. The van der Waals surface area contributed by atoms with Crippen molar-refractivity contribution in [3.8, 4) is 0 Å². The van der Waals surface area contributed by atoms with Crippen LogP contribution in [0.1, 0.15) is 6.92 Å². The van der Waals surface area contributed by atoms with Crippen LogP contribution in [0.25, 0.3) is 0 Å². The summed E-state index contributed by atoms with van der Waals surface area (Å²) in [5, 5.41) is 36.8. The summed E-state index contributed by atoms with van der Waals surface area (Å²) >= 11 is 0. The topological polar surface area (TPSA) is 116 Å². The molecule has 13 heavy (non-hydrogen) atoms. The fourth-order valence-electron chi connectivity index (χ4n) is 1.35. The van der Waals surface area contributed by atoms with E-state index in [-0.39, 0.29) is 0 Å². The highest BCUT2D eigenvalue weighted by Crippen LogP contribution is 2.26. The third-order valence-corrected chi connectivity index (χ3v) is 2.39. The van der Waals surface area contributed by atoms with Crippen LogP contribution in [-0.2, 0) is 4.74 Å². The molecule has 1 unspecified atom stereocenters. The lowest BCUT2D eigenvalue weighted by atomic mass is 9.83. The Morgan fingerprint density at radius 3 is 2.31 bits per heavy atom. The van der Waals surface area contributed by atoms with Gasteiger partial charge in [-0.15, -0.1) is 0 Å². The molecule has 5 atom stereocenters. The van der Waals surface area contributed by atoms with Crippen LogP contribution in [0.2, 0.25) is 0 Å². The number of ether oxygens (including phenoxy) is 1. The van der Waals surface area contributed by atoms with E-state index in [2.05, 4.69) is 0 Å². The molecule has 0 saturated carbocycles.